The van der Waals surface area contributed by atoms with Crippen molar-refractivity contribution < 1.29 is 38.9 Å². The zero-order valence-corrected chi connectivity index (χ0v) is 7.82. The quantitative estimate of drug-likeness (QED) is 0.336. The molecule has 4 unspecified atom stereocenters. The smallest absolute Gasteiger partial charge is 0.394 e. The molecule has 1 fully saturated rings. The molecular weight excluding hydrogens is 219 g/mol. The SMILES string of the molecule is O=P(O)(O)OC1C(CO)OC(O)C1O. The second kappa shape index (κ2) is 4.21. The van der Waals surface area contributed by atoms with Gasteiger partial charge in [-0.2, -0.15) is 0 Å². The number of aliphatic hydroxyl groups is 3. The van der Waals surface area contributed by atoms with E-state index >= 15 is 0 Å². The Balaban J connectivity index is 2.69. The minimum absolute atomic E-state index is 0.626. The molecule has 0 aromatic heterocycles. The van der Waals surface area contributed by atoms with E-state index in [1.54, 1.807) is 0 Å². The Morgan fingerprint density at radius 1 is 1.36 bits per heavy atom. The summed E-state index contributed by atoms with van der Waals surface area (Å²) in [5, 5.41) is 26.8. The molecule has 0 aromatic rings. The fraction of sp³-hybridized carbons (Fsp3) is 1.00. The molecule has 14 heavy (non-hydrogen) atoms. The van der Waals surface area contributed by atoms with Crippen LogP contribution in [-0.4, -0.2) is 56.3 Å². The molecule has 84 valence electrons. The van der Waals surface area contributed by atoms with Gasteiger partial charge < -0.3 is 29.8 Å². The highest BCUT2D eigenvalue weighted by molar-refractivity contribution is 7.46. The largest absolute Gasteiger partial charge is 0.470 e. The van der Waals surface area contributed by atoms with Gasteiger partial charge in [-0.05, 0) is 0 Å². The van der Waals surface area contributed by atoms with Gasteiger partial charge in [-0.1, -0.05) is 0 Å². The van der Waals surface area contributed by atoms with Crippen LogP contribution in [0.4, 0.5) is 0 Å². The maximum Gasteiger partial charge on any atom is 0.470 e. The molecule has 4 atom stereocenters. The van der Waals surface area contributed by atoms with Crippen LogP contribution in [-0.2, 0) is 13.8 Å². The second-order valence-electron chi connectivity index (χ2n) is 2.80. The van der Waals surface area contributed by atoms with Crippen molar-refractivity contribution in [1.82, 2.24) is 0 Å². The minimum atomic E-state index is -4.79. The number of hydrogen-bond donors (Lipinski definition) is 5. The highest BCUT2D eigenvalue weighted by Crippen LogP contribution is 2.41. The van der Waals surface area contributed by atoms with Gasteiger partial charge in [-0.25, -0.2) is 4.57 Å². The molecule has 1 saturated heterocycles. The van der Waals surface area contributed by atoms with Crippen molar-refractivity contribution in [2.75, 3.05) is 6.61 Å². The van der Waals surface area contributed by atoms with E-state index in [4.69, 9.17) is 25.1 Å². The molecule has 0 aromatic carbocycles. The third-order valence-corrected chi connectivity index (χ3v) is 2.27. The van der Waals surface area contributed by atoms with Gasteiger partial charge in [-0.15, -0.1) is 0 Å². The van der Waals surface area contributed by atoms with Crippen LogP contribution in [0.15, 0.2) is 0 Å². The van der Waals surface area contributed by atoms with Crippen molar-refractivity contribution in [3.05, 3.63) is 0 Å². The van der Waals surface area contributed by atoms with Crippen LogP contribution in [0.2, 0.25) is 0 Å². The van der Waals surface area contributed by atoms with Crippen molar-refractivity contribution in [3.63, 3.8) is 0 Å². The molecule has 5 N–H and O–H groups in total. The van der Waals surface area contributed by atoms with E-state index < -0.39 is 39.0 Å². The molecule has 8 nitrogen and oxygen atoms in total. The van der Waals surface area contributed by atoms with Crippen molar-refractivity contribution >= 4 is 7.82 Å². The highest BCUT2D eigenvalue weighted by atomic mass is 31.2. The molecule has 0 spiro atoms. The lowest BCUT2D eigenvalue weighted by atomic mass is 10.1. The van der Waals surface area contributed by atoms with Gasteiger partial charge in [0, 0.05) is 0 Å². The van der Waals surface area contributed by atoms with Gasteiger partial charge in [0.25, 0.3) is 0 Å². The fourth-order valence-electron chi connectivity index (χ4n) is 1.15. The molecule has 0 radical (unpaired) electrons. The Morgan fingerprint density at radius 3 is 2.36 bits per heavy atom. The van der Waals surface area contributed by atoms with Crippen molar-refractivity contribution in [3.8, 4) is 0 Å². The molecule has 1 rings (SSSR count). The number of aliphatic hydroxyl groups excluding tert-OH is 3. The maximum absolute atomic E-state index is 10.4. The first-order valence-electron chi connectivity index (χ1n) is 3.71. The van der Waals surface area contributed by atoms with Crippen LogP contribution >= 0.6 is 7.82 Å². The van der Waals surface area contributed by atoms with Crippen LogP contribution in [0.5, 0.6) is 0 Å². The normalized spacial score (nSPS) is 38.9. The van der Waals surface area contributed by atoms with Crippen molar-refractivity contribution in [2.45, 2.75) is 24.6 Å². The van der Waals surface area contributed by atoms with E-state index in [9.17, 15) is 4.57 Å². The summed E-state index contributed by atoms with van der Waals surface area (Å²) in [6, 6.07) is 0. The van der Waals surface area contributed by atoms with E-state index in [0.29, 0.717) is 0 Å². The van der Waals surface area contributed by atoms with Crippen LogP contribution < -0.4 is 0 Å². The average Bonchev–Trinajstić information content (AvgIpc) is 2.30. The van der Waals surface area contributed by atoms with Gasteiger partial charge in [-0.3, -0.25) is 4.52 Å². The van der Waals surface area contributed by atoms with E-state index in [-0.39, 0.29) is 0 Å². The summed E-state index contributed by atoms with van der Waals surface area (Å²) in [6.45, 7) is -0.626. The third kappa shape index (κ3) is 2.72. The Kier molecular flexibility index (Phi) is 3.62. The molecule has 0 bridgehead atoms. The van der Waals surface area contributed by atoms with Crippen LogP contribution in [0.1, 0.15) is 0 Å². The molecule has 1 aliphatic rings. The van der Waals surface area contributed by atoms with E-state index in [0.717, 1.165) is 0 Å². The minimum Gasteiger partial charge on any atom is -0.394 e. The van der Waals surface area contributed by atoms with E-state index in [2.05, 4.69) is 9.26 Å². The summed E-state index contributed by atoms with van der Waals surface area (Å²) < 4.78 is 19.2. The Bertz CT molecular complexity index is 238. The number of ether oxygens (including phenoxy) is 1. The monoisotopic (exact) mass is 230 g/mol. The lowest BCUT2D eigenvalue weighted by Crippen LogP contribution is -2.35. The zero-order valence-electron chi connectivity index (χ0n) is 6.92. The molecule has 0 aliphatic carbocycles. The molecular formula is C5H11O8P. The summed E-state index contributed by atoms with van der Waals surface area (Å²) in [6.07, 6.45) is -5.83. The summed E-state index contributed by atoms with van der Waals surface area (Å²) in [5.41, 5.74) is 0. The first-order valence-corrected chi connectivity index (χ1v) is 5.24. The molecule has 1 aliphatic heterocycles. The third-order valence-electron chi connectivity index (χ3n) is 1.75. The number of phosphoric acid groups is 1. The first-order chi connectivity index (χ1) is 6.35. The van der Waals surface area contributed by atoms with E-state index in [1.807, 2.05) is 0 Å². The number of phosphoric ester groups is 1. The molecule has 0 saturated carbocycles. The van der Waals surface area contributed by atoms with Crippen LogP contribution in [0.3, 0.4) is 0 Å². The Hall–Kier alpha value is -0.0500. The summed E-state index contributed by atoms with van der Waals surface area (Å²) >= 11 is 0. The standard InChI is InChI=1S/C5H11O8P/c6-1-2-4(13-14(9,10)11)3(7)5(8)12-2/h2-8H,1H2,(H2,9,10,11). The molecule has 0 amide bonds. The summed E-state index contributed by atoms with van der Waals surface area (Å²) in [5.74, 6) is 0. The Morgan fingerprint density at radius 2 is 1.93 bits per heavy atom. The Labute approximate surface area is 78.9 Å². The molecule has 9 heteroatoms. The zero-order chi connectivity index (χ0) is 10.9. The fourth-order valence-corrected chi connectivity index (χ4v) is 1.73. The van der Waals surface area contributed by atoms with Crippen molar-refractivity contribution in [1.29, 1.82) is 0 Å². The first kappa shape index (κ1) is 12.0. The maximum atomic E-state index is 10.4. The van der Waals surface area contributed by atoms with Gasteiger partial charge in [0.15, 0.2) is 6.29 Å². The summed E-state index contributed by atoms with van der Waals surface area (Å²) in [4.78, 5) is 16.9. The lowest BCUT2D eigenvalue weighted by Gasteiger charge is -2.18. The summed E-state index contributed by atoms with van der Waals surface area (Å²) in [7, 11) is -4.79. The topological polar surface area (TPSA) is 137 Å². The molecule has 1 heterocycles. The second-order valence-corrected chi connectivity index (χ2v) is 3.99. The van der Waals surface area contributed by atoms with Crippen LogP contribution in [0, 0.1) is 0 Å². The van der Waals surface area contributed by atoms with Gasteiger partial charge >= 0.3 is 7.82 Å². The van der Waals surface area contributed by atoms with Gasteiger partial charge in [0.2, 0.25) is 0 Å². The number of rotatable bonds is 3. The van der Waals surface area contributed by atoms with Crippen LogP contribution in [0.25, 0.3) is 0 Å². The number of hydrogen-bond acceptors (Lipinski definition) is 6. The highest BCUT2D eigenvalue weighted by Gasteiger charge is 2.46. The predicted octanol–water partition coefficient (Wildman–Crippen LogP) is -2.47. The van der Waals surface area contributed by atoms with Gasteiger partial charge in [0.05, 0.1) is 6.61 Å². The predicted molar refractivity (Wildman–Crippen MR) is 40.9 cm³/mol. The lowest BCUT2D eigenvalue weighted by molar-refractivity contribution is -0.132. The van der Waals surface area contributed by atoms with Gasteiger partial charge in [0.1, 0.15) is 18.3 Å². The van der Waals surface area contributed by atoms with Crippen molar-refractivity contribution in [2.24, 2.45) is 0 Å². The average molecular weight is 230 g/mol. The van der Waals surface area contributed by atoms with E-state index in [1.165, 1.54) is 0 Å².